The zero-order valence-electron chi connectivity index (χ0n) is 13.7. The molecule has 0 N–H and O–H groups in total. The smallest absolute Gasteiger partial charge is 0.213 e. The van der Waals surface area contributed by atoms with Crippen molar-refractivity contribution >= 4 is 38.4 Å². The Morgan fingerprint density at radius 1 is 1.17 bits per heavy atom. The number of hydrogen-bond donors (Lipinski definition) is 0. The summed E-state index contributed by atoms with van der Waals surface area (Å²) in [5.74, 6) is 0.942. The largest absolute Gasteiger partial charge is 0.342 e. The molecular weight excluding hydrogens is 354 g/mol. The van der Waals surface area contributed by atoms with Crippen LogP contribution in [-0.4, -0.2) is 32.7 Å². The van der Waals surface area contributed by atoms with Crippen LogP contribution < -0.4 is 4.90 Å². The van der Waals surface area contributed by atoms with Gasteiger partial charge in [-0.25, -0.2) is 4.98 Å². The Morgan fingerprint density at radius 2 is 1.91 bits per heavy atom. The molecule has 1 aromatic carbocycles. The Morgan fingerprint density at radius 3 is 2.65 bits per heavy atom. The molecule has 0 amide bonds. The summed E-state index contributed by atoms with van der Waals surface area (Å²) in [4.78, 5) is 7.30. The van der Waals surface area contributed by atoms with Gasteiger partial charge in [0.25, 0.3) is 0 Å². The summed E-state index contributed by atoms with van der Waals surface area (Å²) >= 11 is 3.66. The van der Waals surface area contributed by atoms with Crippen molar-refractivity contribution in [2.24, 2.45) is 5.41 Å². The molecule has 0 radical (unpaired) electrons. The first-order chi connectivity index (χ1) is 10.9. The van der Waals surface area contributed by atoms with E-state index in [0.717, 1.165) is 40.1 Å². The van der Waals surface area contributed by atoms with E-state index in [1.165, 1.54) is 18.4 Å². The van der Waals surface area contributed by atoms with Crippen molar-refractivity contribution in [2.45, 2.75) is 33.6 Å². The minimum absolute atomic E-state index is 0.414. The van der Waals surface area contributed by atoms with Crippen molar-refractivity contribution in [1.82, 2.24) is 19.6 Å². The molecule has 1 saturated heterocycles. The van der Waals surface area contributed by atoms with Crippen LogP contribution in [0.2, 0.25) is 0 Å². The van der Waals surface area contributed by atoms with Crippen LogP contribution in [0.4, 0.5) is 5.95 Å². The first kappa shape index (κ1) is 14.9. The predicted molar refractivity (Wildman–Crippen MR) is 96.0 cm³/mol. The van der Waals surface area contributed by atoms with Crippen LogP contribution in [0.3, 0.4) is 0 Å². The number of rotatable bonds is 1. The summed E-state index contributed by atoms with van der Waals surface area (Å²) in [7, 11) is 0. The second kappa shape index (κ2) is 5.16. The van der Waals surface area contributed by atoms with E-state index >= 15 is 0 Å². The van der Waals surface area contributed by atoms with Crippen LogP contribution >= 0.6 is 15.9 Å². The van der Waals surface area contributed by atoms with E-state index in [4.69, 9.17) is 4.98 Å². The average molecular weight is 374 g/mol. The van der Waals surface area contributed by atoms with E-state index in [1.807, 2.05) is 4.40 Å². The van der Waals surface area contributed by atoms with Gasteiger partial charge in [-0.05, 0) is 58.8 Å². The van der Waals surface area contributed by atoms with Gasteiger partial charge in [-0.15, -0.1) is 10.2 Å². The number of aromatic nitrogens is 4. The Kier molecular flexibility index (Phi) is 3.34. The topological polar surface area (TPSA) is 46.3 Å². The number of hydrogen-bond acceptors (Lipinski definition) is 4. The Balaban J connectivity index is 1.91. The minimum Gasteiger partial charge on any atom is -0.342 e. The Bertz CT molecular complexity index is 889. The Hall–Kier alpha value is -1.69. The van der Waals surface area contributed by atoms with Gasteiger partial charge in [0.15, 0.2) is 5.65 Å². The average Bonchev–Trinajstić information content (AvgIpc) is 2.97. The highest BCUT2D eigenvalue weighted by Gasteiger charge is 2.27. The maximum atomic E-state index is 4.95. The number of halogens is 1. The maximum Gasteiger partial charge on any atom is 0.213 e. The first-order valence-corrected chi connectivity index (χ1v) is 8.78. The van der Waals surface area contributed by atoms with E-state index < -0.39 is 0 Å². The SMILES string of the molecule is Cc1cc(Br)c2nc(N3CCC(C)(C)CC3)n3cnnc3c2c1. The molecule has 3 heterocycles. The number of aryl methyl sites for hydroxylation is 1. The zero-order valence-corrected chi connectivity index (χ0v) is 15.3. The van der Waals surface area contributed by atoms with Gasteiger partial charge in [0, 0.05) is 22.9 Å². The number of benzene rings is 1. The van der Waals surface area contributed by atoms with Crippen LogP contribution in [-0.2, 0) is 0 Å². The highest BCUT2D eigenvalue weighted by Crippen LogP contribution is 2.34. The molecule has 23 heavy (non-hydrogen) atoms. The van der Waals surface area contributed by atoms with Crippen molar-refractivity contribution in [2.75, 3.05) is 18.0 Å². The molecule has 1 fully saturated rings. The third-order valence-corrected chi connectivity index (χ3v) is 5.43. The third-order valence-electron chi connectivity index (χ3n) is 4.82. The van der Waals surface area contributed by atoms with Crippen LogP contribution in [0.1, 0.15) is 32.3 Å². The van der Waals surface area contributed by atoms with E-state index in [9.17, 15) is 0 Å². The molecule has 1 aliphatic rings. The molecule has 0 atom stereocenters. The van der Waals surface area contributed by atoms with Gasteiger partial charge in [-0.2, -0.15) is 0 Å². The van der Waals surface area contributed by atoms with Gasteiger partial charge in [0.1, 0.15) is 6.33 Å². The molecule has 6 heteroatoms. The first-order valence-electron chi connectivity index (χ1n) is 7.99. The zero-order chi connectivity index (χ0) is 16.2. The summed E-state index contributed by atoms with van der Waals surface area (Å²) in [6.07, 6.45) is 4.11. The molecule has 0 aliphatic carbocycles. The molecule has 0 spiro atoms. The fourth-order valence-electron chi connectivity index (χ4n) is 3.27. The van der Waals surface area contributed by atoms with Gasteiger partial charge in [-0.3, -0.25) is 4.40 Å². The lowest BCUT2D eigenvalue weighted by Gasteiger charge is -2.37. The molecule has 4 rings (SSSR count). The molecule has 0 saturated carbocycles. The molecular formula is C17H20BrN5. The van der Waals surface area contributed by atoms with E-state index in [1.54, 1.807) is 6.33 Å². The second-order valence-corrected chi connectivity index (χ2v) is 8.08. The molecule has 5 nitrogen and oxygen atoms in total. The van der Waals surface area contributed by atoms with Crippen molar-refractivity contribution in [3.63, 3.8) is 0 Å². The fourth-order valence-corrected chi connectivity index (χ4v) is 3.94. The van der Waals surface area contributed by atoms with E-state index in [0.29, 0.717) is 5.41 Å². The molecule has 0 bridgehead atoms. The molecule has 2 aromatic heterocycles. The highest BCUT2D eigenvalue weighted by molar-refractivity contribution is 9.10. The number of piperidine rings is 1. The van der Waals surface area contributed by atoms with Crippen LogP contribution in [0, 0.1) is 12.3 Å². The lowest BCUT2D eigenvalue weighted by molar-refractivity contribution is 0.278. The van der Waals surface area contributed by atoms with Crippen LogP contribution in [0.25, 0.3) is 16.6 Å². The van der Waals surface area contributed by atoms with E-state index in [2.05, 4.69) is 63.9 Å². The Labute approximate surface area is 143 Å². The van der Waals surface area contributed by atoms with Crippen molar-refractivity contribution in [3.8, 4) is 0 Å². The summed E-state index contributed by atoms with van der Waals surface area (Å²) in [6, 6.07) is 4.23. The monoisotopic (exact) mass is 373 g/mol. The van der Waals surface area contributed by atoms with Crippen molar-refractivity contribution < 1.29 is 0 Å². The van der Waals surface area contributed by atoms with Gasteiger partial charge in [-0.1, -0.05) is 13.8 Å². The number of anilines is 1. The quantitative estimate of drug-likeness (QED) is 0.647. The van der Waals surface area contributed by atoms with Gasteiger partial charge in [0.2, 0.25) is 5.95 Å². The van der Waals surface area contributed by atoms with Crippen molar-refractivity contribution in [3.05, 3.63) is 28.5 Å². The summed E-state index contributed by atoms with van der Waals surface area (Å²) in [6.45, 7) is 8.79. The summed E-state index contributed by atoms with van der Waals surface area (Å²) < 4.78 is 3.03. The molecule has 1 aliphatic heterocycles. The van der Waals surface area contributed by atoms with Gasteiger partial charge < -0.3 is 4.90 Å². The predicted octanol–water partition coefficient (Wildman–Crippen LogP) is 3.97. The summed E-state index contributed by atoms with van der Waals surface area (Å²) in [5, 5.41) is 9.50. The molecule has 0 unspecified atom stereocenters. The lowest BCUT2D eigenvalue weighted by atomic mass is 9.83. The van der Waals surface area contributed by atoms with Crippen LogP contribution in [0.15, 0.2) is 22.9 Å². The molecule has 120 valence electrons. The standard InChI is InChI=1S/C17H20BrN5/c1-11-8-12-14(13(18)9-11)20-16(23-10-19-21-15(12)23)22-6-4-17(2,3)5-7-22/h8-10H,4-7H2,1-3H3. The maximum absolute atomic E-state index is 4.95. The molecule has 3 aromatic rings. The van der Waals surface area contributed by atoms with Crippen molar-refractivity contribution in [1.29, 1.82) is 0 Å². The highest BCUT2D eigenvalue weighted by atomic mass is 79.9. The van der Waals surface area contributed by atoms with Gasteiger partial charge >= 0.3 is 0 Å². The lowest BCUT2D eigenvalue weighted by Crippen LogP contribution is -2.38. The summed E-state index contributed by atoms with van der Waals surface area (Å²) in [5.41, 5.74) is 3.43. The number of nitrogens with zero attached hydrogens (tertiary/aromatic N) is 5. The fraction of sp³-hybridized carbons (Fsp3) is 0.471. The number of fused-ring (bicyclic) bond motifs is 3. The third kappa shape index (κ3) is 2.49. The normalized spacial score (nSPS) is 18.0. The van der Waals surface area contributed by atoms with E-state index in [-0.39, 0.29) is 0 Å². The second-order valence-electron chi connectivity index (χ2n) is 7.23. The van der Waals surface area contributed by atoms with Crippen LogP contribution in [0.5, 0.6) is 0 Å². The minimum atomic E-state index is 0.414. The van der Waals surface area contributed by atoms with Gasteiger partial charge in [0.05, 0.1) is 5.52 Å².